The Hall–Kier alpha value is -2.35. The van der Waals surface area contributed by atoms with Crippen LogP contribution in [0.15, 0.2) is 29.5 Å². The number of amides is 1. The highest BCUT2D eigenvalue weighted by Gasteiger charge is 2.36. The maximum Gasteiger partial charge on any atom is 0.271 e. The van der Waals surface area contributed by atoms with Crippen molar-refractivity contribution in [2.45, 2.75) is 45.4 Å². The van der Waals surface area contributed by atoms with Gasteiger partial charge in [-0.05, 0) is 38.5 Å². The number of hydrogen-bond acceptors (Lipinski definition) is 5. The summed E-state index contributed by atoms with van der Waals surface area (Å²) in [5, 5.41) is 26.0. The zero-order valence-corrected chi connectivity index (χ0v) is 14.5. The van der Waals surface area contributed by atoms with Crippen LogP contribution in [0.4, 0.5) is 5.69 Å². The largest absolute Gasteiger partial charge is 0.569 e. The molecule has 132 valence electrons. The molecule has 24 heavy (non-hydrogen) atoms. The lowest BCUT2D eigenvalue weighted by molar-refractivity contribution is -0.720. The Morgan fingerprint density at radius 3 is 2.83 bits per heavy atom. The minimum absolute atomic E-state index is 0.0879. The van der Waals surface area contributed by atoms with Gasteiger partial charge >= 0.3 is 0 Å². The molecule has 1 saturated heterocycles. The van der Waals surface area contributed by atoms with Crippen molar-refractivity contribution in [1.29, 1.82) is 0 Å². The molecule has 0 unspecified atom stereocenters. The minimum atomic E-state index is -0.785. The average molecular weight is 336 g/mol. The molecule has 1 heterocycles. The van der Waals surface area contributed by atoms with Crippen LogP contribution in [0.25, 0.3) is 0 Å². The van der Waals surface area contributed by atoms with E-state index in [1.165, 1.54) is 5.01 Å². The highest BCUT2D eigenvalue weighted by molar-refractivity contribution is 5.98. The van der Waals surface area contributed by atoms with E-state index in [-0.39, 0.29) is 12.5 Å². The van der Waals surface area contributed by atoms with Gasteiger partial charge in [0.1, 0.15) is 0 Å². The molecule has 0 saturated carbocycles. The van der Waals surface area contributed by atoms with Gasteiger partial charge in [0.15, 0.2) is 0 Å². The lowest BCUT2D eigenvalue weighted by atomic mass is 10.1. The number of aliphatic hydroxyl groups is 1. The Morgan fingerprint density at radius 2 is 2.21 bits per heavy atom. The predicted octanol–water partition coefficient (Wildman–Crippen LogP) is 1.82. The van der Waals surface area contributed by atoms with Crippen LogP contribution in [0.3, 0.4) is 0 Å². The van der Waals surface area contributed by atoms with Crippen LogP contribution < -0.4 is 4.90 Å². The fourth-order valence-corrected chi connectivity index (χ4v) is 2.24. The topological polar surface area (TPSA) is 91.4 Å². The number of rotatable bonds is 5. The molecule has 0 radical (unpaired) electrons. The normalized spacial score (nSPS) is 18.9. The Balaban J connectivity index is 2.04. The van der Waals surface area contributed by atoms with Crippen LogP contribution in [0.1, 0.15) is 32.8 Å². The quantitative estimate of drug-likeness (QED) is 0.503. The summed E-state index contributed by atoms with van der Waals surface area (Å²) in [5.74, 6) is -0.249. The molecular weight excluding hydrogens is 312 g/mol. The second-order valence-corrected chi connectivity index (χ2v) is 6.73. The number of benzene rings is 1. The first-order chi connectivity index (χ1) is 11.2. The van der Waals surface area contributed by atoms with Gasteiger partial charge in [0.05, 0.1) is 24.2 Å². The molecule has 0 aromatic heterocycles. The number of aliphatic hydroxyl groups excluding tert-OH is 1. The molecule has 1 aromatic rings. The van der Waals surface area contributed by atoms with Crippen molar-refractivity contribution in [2.75, 3.05) is 18.5 Å². The van der Waals surface area contributed by atoms with E-state index in [0.717, 1.165) is 5.56 Å². The zero-order valence-electron chi connectivity index (χ0n) is 14.5. The molecule has 1 aliphatic heterocycles. The Kier molecular flexibility index (Phi) is 5.28. The summed E-state index contributed by atoms with van der Waals surface area (Å²) in [5.41, 5.74) is 1.01. The maximum absolute atomic E-state index is 12.4. The molecule has 8 nitrogen and oxygen atoms in total. The standard InChI is InChI=1S/C16H24N4O4/c1-16(2,3)18(4)20(23)17-24-14-8-9-19(15(14)22)13-7-5-6-12(10-13)11-21/h5-7,10,14,21H,8-9,11H2,1-4H3/b20-17-/t14-/m1/s1. The van der Waals surface area contributed by atoms with Crippen molar-refractivity contribution >= 4 is 11.6 Å². The Labute approximate surface area is 141 Å². The molecule has 0 aliphatic carbocycles. The highest BCUT2D eigenvalue weighted by atomic mass is 16.7. The van der Waals surface area contributed by atoms with Crippen molar-refractivity contribution < 1.29 is 19.7 Å². The minimum Gasteiger partial charge on any atom is -0.569 e. The van der Waals surface area contributed by atoms with E-state index in [1.807, 2.05) is 20.8 Å². The maximum atomic E-state index is 12.4. The van der Waals surface area contributed by atoms with Crippen molar-refractivity contribution in [2.24, 2.45) is 5.28 Å². The van der Waals surface area contributed by atoms with Crippen LogP contribution in [-0.2, 0) is 16.2 Å². The molecule has 1 amide bonds. The van der Waals surface area contributed by atoms with Crippen LogP contribution in [-0.4, -0.2) is 46.2 Å². The summed E-state index contributed by atoms with van der Waals surface area (Å²) in [4.78, 5) is 19.5. The molecule has 1 atom stereocenters. The summed E-state index contributed by atoms with van der Waals surface area (Å²) in [6.45, 7) is 5.98. The Morgan fingerprint density at radius 1 is 1.50 bits per heavy atom. The van der Waals surface area contributed by atoms with Crippen molar-refractivity contribution in [1.82, 2.24) is 5.01 Å². The SMILES string of the molecule is CN(/[N+]([O-])=N/O[C@@H]1CCN(c2cccc(CO)c2)C1=O)C(C)(C)C. The second-order valence-electron chi connectivity index (χ2n) is 6.73. The van der Waals surface area contributed by atoms with Gasteiger partial charge in [0.25, 0.3) is 5.91 Å². The molecule has 0 bridgehead atoms. The summed E-state index contributed by atoms with van der Waals surface area (Å²) >= 11 is 0. The van der Waals surface area contributed by atoms with Gasteiger partial charge in [0, 0.05) is 18.7 Å². The van der Waals surface area contributed by atoms with Crippen LogP contribution in [0.2, 0.25) is 0 Å². The lowest BCUT2D eigenvalue weighted by Crippen LogP contribution is -2.42. The number of anilines is 1. The predicted molar refractivity (Wildman–Crippen MR) is 87.8 cm³/mol. The van der Waals surface area contributed by atoms with Crippen molar-refractivity contribution in [3.63, 3.8) is 0 Å². The fraction of sp³-hybridized carbons (Fsp3) is 0.562. The second kappa shape index (κ2) is 7.04. The van der Waals surface area contributed by atoms with E-state index in [1.54, 1.807) is 36.2 Å². The summed E-state index contributed by atoms with van der Waals surface area (Å²) in [6.07, 6.45) is -0.341. The molecule has 1 aliphatic rings. The van der Waals surface area contributed by atoms with Gasteiger partial charge in [-0.1, -0.05) is 12.1 Å². The van der Waals surface area contributed by atoms with Crippen molar-refractivity contribution in [3.8, 4) is 0 Å². The summed E-state index contributed by atoms with van der Waals surface area (Å²) < 4.78 is 0. The molecule has 2 rings (SSSR count). The van der Waals surface area contributed by atoms with E-state index in [4.69, 9.17) is 4.84 Å². The molecule has 1 aromatic carbocycles. The third-order valence-corrected chi connectivity index (χ3v) is 4.03. The van der Waals surface area contributed by atoms with Crippen LogP contribution >= 0.6 is 0 Å². The van der Waals surface area contributed by atoms with Gasteiger partial charge in [-0.25, -0.2) is 0 Å². The van der Waals surface area contributed by atoms with Gasteiger partial charge in [-0.2, -0.15) is 0 Å². The van der Waals surface area contributed by atoms with Crippen molar-refractivity contribution in [3.05, 3.63) is 35.0 Å². The summed E-state index contributed by atoms with van der Waals surface area (Å²) in [7, 11) is 1.60. The molecular formula is C16H24N4O4. The van der Waals surface area contributed by atoms with E-state index in [9.17, 15) is 15.1 Å². The van der Waals surface area contributed by atoms with Gasteiger partial charge in [-0.15, -0.1) is 5.01 Å². The molecule has 1 fully saturated rings. The van der Waals surface area contributed by atoms with E-state index < -0.39 is 11.6 Å². The number of hydrazine groups is 1. The third kappa shape index (κ3) is 3.94. The van der Waals surface area contributed by atoms with Crippen LogP contribution in [0.5, 0.6) is 0 Å². The Bertz CT molecular complexity index is 627. The first-order valence-electron chi connectivity index (χ1n) is 7.83. The monoisotopic (exact) mass is 336 g/mol. The molecule has 0 spiro atoms. The third-order valence-electron chi connectivity index (χ3n) is 4.03. The molecule has 1 N–H and O–H groups in total. The van der Waals surface area contributed by atoms with E-state index in [0.29, 0.717) is 23.6 Å². The van der Waals surface area contributed by atoms with Gasteiger partial charge < -0.3 is 20.1 Å². The first-order valence-corrected chi connectivity index (χ1v) is 7.83. The van der Waals surface area contributed by atoms with Gasteiger partial charge in [0.2, 0.25) is 11.4 Å². The van der Waals surface area contributed by atoms with E-state index >= 15 is 0 Å². The average Bonchev–Trinajstić information content (AvgIpc) is 2.91. The molecule has 8 heteroatoms. The smallest absolute Gasteiger partial charge is 0.271 e. The number of hydrogen-bond donors (Lipinski definition) is 1. The number of nitrogens with zero attached hydrogens (tertiary/aromatic N) is 4. The van der Waals surface area contributed by atoms with E-state index in [2.05, 4.69) is 5.28 Å². The zero-order chi connectivity index (χ0) is 17.9. The fourth-order valence-electron chi connectivity index (χ4n) is 2.24. The highest BCUT2D eigenvalue weighted by Crippen LogP contribution is 2.24. The number of carbonyl (C=O) groups is 1. The van der Waals surface area contributed by atoms with Crippen LogP contribution in [0, 0.1) is 5.21 Å². The first kappa shape index (κ1) is 18.0. The lowest BCUT2D eigenvalue weighted by Gasteiger charge is -2.26. The number of carbonyl (C=O) groups excluding carboxylic acids is 1. The van der Waals surface area contributed by atoms with Gasteiger partial charge in [-0.3, -0.25) is 4.79 Å². The summed E-state index contributed by atoms with van der Waals surface area (Å²) in [6, 6.07) is 7.12.